The summed E-state index contributed by atoms with van der Waals surface area (Å²) in [5.74, 6) is -4.01. The number of amides is 2. The highest BCUT2D eigenvalue weighted by Gasteiger charge is 2.36. The van der Waals surface area contributed by atoms with Gasteiger partial charge in [-0.2, -0.15) is 0 Å². The van der Waals surface area contributed by atoms with Crippen molar-refractivity contribution in [2.45, 2.75) is 137 Å². The van der Waals surface area contributed by atoms with Crippen LogP contribution >= 0.6 is 0 Å². The molecule has 17 nitrogen and oxygen atoms in total. The lowest BCUT2D eigenvalue weighted by Crippen LogP contribution is -2.53. The van der Waals surface area contributed by atoms with Crippen LogP contribution < -0.4 is 0 Å². The first-order valence-corrected chi connectivity index (χ1v) is 19.5. The van der Waals surface area contributed by atoms with Crippen LogP contribution in [0.2, 0.25) is 0 Å². The Labute approximate surface area is 332 Å². The van der Waals surface area contributed by atoms with Gasteiger partial charge in [0.2, 0.25) is 0 Å². The highest BCUT2D eigenvalue weighted by molar-refractivity contribution is 6.01. The summed E-state index contributed by atoms with van der Waals surface area (Å²) < 4.78 is 22.7. The average molecular weight is 798 g/mol. The Morgan fingerprint density at radius 3 is 1.14 bits per heavy atom. The van der Waals surface area contributed by atoms with Crippen LogP contribution in [0, 0.1) is 0 Å². The second-order valence-electron chi connectivity index (χ2n) is 18.3. The van der Waals surface area contributed by atoms with Crippen LogP contribution in [-0.2, 0) is 57.3 Å². The zero-order chi connectivity index (χ0) is 42.6. The highest BCUT2D eigenvalue weighted by atomic mass is 16.7. The second kappa shape index (κ2) is 20.7. The molecule has 0 aliphatic carbocycles. The molecule has 17 heteroatoms. The maximum atomic E-state index is 13.9. The number of rotatable bonds is 12. The van der Waals surface area contributed by atoms with Gasteiger partial charge < -0.3 is 23.8 Å². The summed E-state index contributed by atoms with van der Waals surface area (Å²) >= 11 is 0. The van der Waals surface area contributed by atoms with E-state index in [1.165, 1.54) is 0 Å². The summed E-state index contributed by atoms with van der Waals surface area (Å²) in [5, 5.41) is 0.469. The Morgan fingerprint density at radius 2 is 0.821 bits per heavy atom. The molecular weight excluding hydrogens is 730 g/mol. The average Bonchev–Trinajstić information content (AvgIpc) is 3.30. The van der Waals surface area contributed by atoms with E-state index in [4.69, 9.17) is 23.8 Å². The molecule has 0 aromatic heterocycles. The zero-order valence-corrected chi connectivity index (χ0v) is 35.8. The first kappa shape index (κ1) is 48.5. The van der Waals surface area contributed by atoms with Crippen molar-refractivity contribution < 1.29 is 57.3 Å². The van der Waals surface area contributed by atoms with Gasteiger partial charge in [0.25, 0.3) is 11.8 Å². The monoisotopic (exact) mass is 797 g/mol. The van der Waals surface area contributed by atoms with Crippen molar-refractivity contribution >= 4 is 41.7 Å². The summed E-state index contributed by atoms with van der Waals surface area (Å²) in [5.41, 5.74) is -3.02. The van der Waals surface area contributed by atoms with E-state index in [1.807, 2.05) is 19.6 Å². The first-order valence-electron chi connectivity index (χ1n) is 19.5. The molecule has 56 heavy (non-hydrogen) atoms. The van der Waals surface area contributed by atoms with Gasteiger partial charge in [-0.3, -0.25) is 48.4 Å². The molecule has 320 valence electrons. The van der Waals surface area contributed by atoms with Crippen LogP contribution in [0.25, 0.3) is 0 Å². The predicted octanol–water partition coefficient (Wildman–Crippen LogP) is 2.33. The molecule has 2 heterocycles. The van der Waals surface area contributed by atoms with E-state index in [0.29, 0.717) is 31.2 Å². The van der Waals surface area contributed by atoms with Crippen LogP contribution in [0.5, 0.6) is 0 Å². The van der Waals surface area contributed by atoms with E-state index in [9.17, 15) is 33.6 Å². The van der Waals surface area contributed by atoms with E-state index < -0.39 is 70.1 Å². The number of nitrogens with zero attached hydrogens (tertiary/aromatic N) is 5. The molecule has 0 aromatic carbocycles. The molecule has 0 N–H and O–H groups in total. The molecule has 0 spiro atoms. The minimum Gasteiger partial charge on any atom is -0.459 e. The van der Waals surface area contributed by atoms with E-state index in [0.717, 1.165) is 0 Å². The van der Waals surface area contributed by atoms with Gasteiger partial charge >= 0.3 is 29.8 Å². The van der Waals surface area contributed by atoms with Gasteiger partial charge in [0.1, 0.15) is 28.4 Å². The standard InChI is InChI=1S/C39H67N5O12/c1-36(2,3)52-32(48)25-40-17-19-41(26-33(49)53-37(4,5)6)21-23-43(24-22-42(20-18-40)27-34(50)54-38(7,8)9)28(35(51)55-39(10,11)12)13-16-31(47)56-44-29(45)14-15-30(44)46/h28H,13-27H2,1-12H3/t28-/m1/s1. The zero-order valence-electron chi connectivity index (χ0n) is 35.8. The SMILES string of the molecule is CC(C)(C)OC(=O)CN1CCN(CC(=O)OC(C)(C)C)CCN([C@H](CCC(=O)ON2C(=O)CCC2=O)C(=O)OC(C)(C)C)CCN(CC(=O)OC(C)(C)C)CC1. The minimum absolute atomic E-state index is 0.0185. The van der Waals surface area contributed by atoms with E-state index in [2.05, 4.69) is 0 Å². The van der Waals surface area contributed by atoms with E-state index >= 15 is 0 Å². The van der Waals surface area contributed by atoms with Crippen LogP contribution in [-0.4, -0.2) is 167 Å². The third-order valence-corrected chi connectivity index (χ3v) is 8.13. The number of hydrogen-bond acceptors (Lipinski definition) is 16. The Hall–Kier alpha value is -3.67. The molecule has 2 aliphatic rings. The maximum absolute atomic E-state index is 13.9. The lowest BCUT2D eigenvalue weighted by Gasteiger charge is -2.37. The largest absolute Gasteiger partial charge is 0.459 e. The van der Waals surface area contributed by atoms with Crippen molar-refractivity contribution in [3.8, 4) is 0 Å². The molecule has 0 unspecified atom stereocenters. The van der Waals surface area contributed by atoms with E-state index in [1.54, 1.807) is 83.1 Å². The fourth-order valence-corrected chi connectivity index (χ4v) is 5.89. The fraction of sp³-hybridized carbons (Fsp3) is 0.821. The Bertz CT molecular complexity index is 1330. The van der Waals surface area contributed by atoms with Gasteiger partial charge in [0.15, 0.2) is 0 Å². The number of carbonyl (C=O) groups is 7. The minimum atomic E-state index is -0.995. The lowest BCUT2D eigenvalue weighted by atomic mass is 10.1. The predicted molar refractivity (Wildman–Crippen MR) is 204 cm³/mol. The fourth-order valence-electron chi connectivity index (χ4n) is 5.89. The van der Waals surface area contributed by atoms with Gasteiger partial charge in [0, 0.05) is 65.2 Å². The number of ether oxygens (including phenoxy) is 4. The molecule has 0 aromatic rings. The third-order valence-electron chi connectivity index (χ3n) is 8.13. The quantitative estimate of drug-likeness (QED) is 0.159. The van der Waals surface area contributed by atoms with E-state index in [-0.39, 0.29) is 71.5 Å². The van der Waals surface area contributed by atoms with Crippen LogP contribution in [0.4, 0.5) is 0 Å². The van der Waals surface area contributed by atoms with Crippen LogP contribution in [0.1, 0.15) is 109 Å². The van der Waals surface area contributed by atoms with Crippen molar-refractivity contribution in [2.24, 2.45) is 0 Å². The number of hydroxylamine groups is 2. The number of carbonyl (C=O) groups excluding carboxylic acids is 7. The highest BCUT2D eigenvalue weighted by Crippen LogP contribution is 2.19. The second-order valence-corrected chi connectivity index (χ2v) is 18.3. The Balaban J connectivity index is 2.49. The summed E-state index contributed by atoms with van der Waals surface area (Å²) in [7, 11) is 0. The molecule has 2 amide bonds. The number of hydrogen-bond donors (Lipinski definition) is 0. The first-order chi connectivity index (χ1) is 25.6. The van der Waals surface area contributed by atoms with Crippen molar-refractivity contribution in [3.05, 3.63) is 0 Å². The van der Waals surface area contributed by atoms with Gasteiger partial charge in [-0.15, -0.1) is 5.06 Å². The van der Waals surface area contributed by atoms with Crippen molar-refractivity contribution in [2.75, 3.05) is 72.0 Å². The molecular formula is C39H67N5O12. The molecule has 2 rings (SSSR count). The normalized spacial score (nSPS) is 18.8. The summed E-state index contributed by atoms with van der Waals surface area (Å²) in [6, 6.07) is -0.995. The smallest absolute Gasteiger partial charge is 0.333 e. The topological polar surface area (TPSA) is 182 Å². The maximum Gasteiger partial charge on any atom is 0.333 e. The number of esters is 4. The summed E-state index contributed by atoms with van der Waals surface area (Å²) in [6.07, 6.45) is -0.510. The molecule has 0 saturated carbocycles. The molecule has 0 bridgehead atoms. The Kier molecular flexibility index (Phi) is 17.9. The van der Waals surface area contributed by atoms with Crippen molar-refractivity contribution in [1.29, 1.82) is 0 Å². The van der Waals surface area contributed by atoms with Gasteiger partial charge in [-0.25, -0.2) is 4.79 Å². The molecule has 1 atom stereocenters. The van der Waals surface area contributed by atoms with Crippen LogP contribution in [0.15, 0.2) is 0 Å². The van der Waals surface area contributed by atoms with Gasteiger partial charge in [-0.1, -0.05) is 0 Å². The lowest BCUT2D eigenvalue weighted by molar-refractivity contribution is -0.197. The van der Waals surface area contributed by atoms with Gasteiger partial charge in [-0.05, 0) is 89.5 Å². The molecule has 2 aliphatic heterocycles. The van der Waals surface area contributed by atoms with Gasteiger partial charge in [0.05, 0.1) is 26.1 Å². The van der Waals surface area contributed by atoms with Crippen LogP contribution in [0.3, 0.4) is 0 Å². The molecule has 2 saturated heterocycles. The molecule has 2 fully saturated rings. The third kappa shape index (κ3) is 20.0. The summed E-state index contributed by atoms with van der Waals surface area (Å²) in [6.45, 7) is 23.4. The Morgan fingerprint density at radius 1 is 0.500 bits per heavy atom. The van der Waals surface area contributed by atoms with Crippen molar-refractivity contribution in [3.63, 3.8) is 0 Å². The van der Waals surface area contributed by atoms with Crippen molar-refractivity contribution in [1.82, 2.24) is 24.7 Å². The molecule has 0 radical (unpaired) electrons. The number of imide groups is 1. The summed E-state index contributed by atoms with van der Waals surface area (Å²) in [4.78, 5) is 103.